The number of nitrogens with one attached hydrogen (secondary N) is 3. The molecule has 0 saturated carbocycles. The summed E-state index contributed by atoms with van der Waals surface area (Å²) in [6.07, 6.45) is 3.15. The van der Waals surface area contributed by atoms with Crippen LogP contribution in [0.25, 0.3) is 0 Å². The molecular formula is C22H39IN6O. The number of nitrogens with zero attached hydrogens (tertiary/aromatic N) is 3. The Hall–Kier alpha value is -1.39. The fourth-order valence-corrected chi connectivity index (χ4v) is 3.39. The van der Waals surface area contributed by atoms with Gasteiger partial charge in [-0.3, -0.25) is 9.79 Å². The Morgan fingerprint density at radius 1 is 1.13 bits per heavy atom. The molecule has 1 saturated heterocycles. The SMILES string of the molecule is CCNC(=NCCCCN1CCN(C)CC1)NCCc1cccc(C(=O)NC)c1.I. The van der Waals surface area contributed by atoms with Gasteiger partial charge in [-0.2, -0.15) is 0 Å². The van der Waals surface area contributed by atoms with Crippen LogP contribution in [0.2, 0.25) is 0 Å². The largest absolute Gasteiger partial charge is 0.357 e. The number of rotatable bonds is 10. The van der Waals surface area contributed by atoms with E-state index in [1.165, 1.54) is 39.1 Å². The molecule has 1 aliphatic heterocycles. The number of likely N-dealkylation sites (N-methyl/N-ethyl adjacent to an activating group) is 1. The lowest BCUT2D eigenvalue weighted by atomic mass is 10.1. The Balaban J connectivity index is 0.00000450. The smallest absolute Gasteiger partial charge is 0.251 e. The number of guanidine groups is 1. The predicted octanol–water partition coefficient (Wildman–Crippen LogP) is 1.79. The predicted molar refractivity (Wildman–Crippen MR) is 136 cm³/mol. The maximum Gasteiger partial charge on any atom is 0.251 e. The molecule has 1 amide bonds. The van der Waals surface area contributed by atoms with Gasteiger partial charge in [0.05, 0.1) is 0 Å². The molecule has 170 valence electrons. The molecule has 1 aromatic rings. The average molecular weight is 530 g/mol. The van der Waals surface area contributed by atoms with E-state index < -0.39 is 0 Å². The lowest BCUT2D eigenvalue weighted by Crippen LogP contribution is -2.44. The topological polar surface area (TPSA) is 72.0 Å². The molecule has 1 aliphatic rings. The molecule has 1 fully saturated rings. The van der Waals surface area contributed by atoms with Crippen molar-refractivity contribution in [3.05, 3.63) is 35.4 Å². The highest BCUT2D eigenvalue weighted by atomic mass is 127. The molecule has 2 rings (SSSR count). The standard InChI is InChI=1S/C22H38N6O.HI/c1-4-24-22(25-11-5-6-13-28-16-14-27(3)15-17-28)26-12-10-19-8-7-9-20(18-19)21(29)23-2;/h7-9,18H,4-6,10-17H2,1-3H3,(H,23,29)(H2,24,25,26);1H. The molecule has 30 heavy (non-hydrogen) atoms. The number of halogens is 1. The van der Waals surface area contributed by atoms with Crippen molar-refractivity contribution in [2.24, 2.45) is 4.99 Å². The first kappa shape index (κ1) is 26.6. The minimum atomic E-state index is -0.0497. The summed E-state index contributed by atoms with van der Waals surface area (Å²) in [4.78, 5) is 21.4. The number of carbonyl (C=O) groups is 1. The summed E-state index contributed by atoms with van der Waals surface area (Å²) < 4.78 is 0. The molecule has 0 unspecified atom stereocenters. The van der Waals surface area contributed by atoms with Gasteiger partial charge in [-0.25, -0.2) is 0 Å². The summed E-state index contributed by atoms with van der Waals surface area (Å²) in [5.41, 5.74) is 1.84. The van der Waals surface area contributed by atoms with E-state index in [0.717, 1.165) is 44.0 Å². The number of benzene rings is 1. The van der Waals surface area contributed by atoms with Crippen LogP contribution >= 0.6 is 24.0 Å². The maximum absolute atomic E-state index is 11.8. The molecule has 0 radical (unpaired) electrons. The van der Waals surface area contributed by atoms with Gasteiger partial charge in [0.1, 0.15) is 0 Å². The molecule has 7 nitrogen and oxygen atoms in total. The van der Waals surface area contributed by atoms with Gasteiger partial charge in [0, 0.05) is 58.4 Å². The van der Waals surface area contributed by atoms with Gasteiger partial charge in [0.25, 0.3) is 5.91 Å². The maximum atomic E-state index is 11.8. The molecule has 1 aromatic carbocycles. The van der Waals surface area contributed by atoms with Crippen LogP contribution in [0.5, 0.6) is 0 Å². The zero-order valence-electron chi connectivity index (χ0n) is 18.7. The van der Waals surface area contributed by atoms with E-state index in [0.29, 0.717) is 5.56 Å². The lowest BCUT2D eigenvalue weighted by Gasteiger charge is -2.32. The Morgan fingerprint density at radius 3 is 2.60 bits per heavy atom. The van der Waals surface area contributed by atoms with Gasteiger partial charge in [-0.15, -0.1) is 24.0 Å². The summed E-state index contributed by atoms with van der Waals surface area (Å²) in [6, 6.07) is 7.77. The summed E-state index contributed by atoms with van der Waals surface area (Å²) in [5, 5.41) is 9.38. The highest BCUT2D eigenvalue weighted by Crippen LogP contribution is 2.06. The molecule has 0 bridgehead atoms. The van der Waals surface area contributed by atoms with Crippen LogP contribution < -0.4 is 16.0 Å². The number of hydrogen-bond acceptors (Lipinski definition) is 4. The van der Waals surface area contributed by atoms with Gasteiger partial charge in [0.2, 0.25) is 0 Å². The Morgan fingerprint density at radius 2 is 1.90 bits per heavy atom. The third kappa shape index (κ3) is 10.1. The van der Waals surface area contributed by atoms with Crippen molar-refractivity contribution in [2.45, 2.75) is 26.2 Å². The quantitative estimate of drug-likeness (QED) is 0.186. The zero-order chi connectivity index (χ0) is 20.9. The van der Waals surface area contributed by atoms with Crippen molar-refractivity contribution < 1.29 is 4.79 Å². The van der Waals surface area contributed by atoms with Crippen LogP contribution in [0.3, 0.4) is 0 Å². The molecule has 8 heteroatoms. The van der Waals surface area contributed by atoms with Crippen LogP contribution in [-0.4, -0.2) is 88.1 Å². The summed E-state index contributed by atoms with van der Waals surface area (Å²) >= 11 is 0. The minimum Gasteiger partial charge on any atom is -0.357 e. The van der Waals surface area contributed by atoms with Gasteiger partial charge in [0.15, 0.2) is 5.96 Å². The van der Waals surface area contributed by atoms with Crippen LogP contribution in [0.15, 0.2) is 29.3 Å². The normalized spacial score (nSPS) is 15.4. The van der Waals surface area contributed by atoms with Crippen molar-refractivity contribution in [2.75, 3.05) is 66.5 Å². The third-order valence-corrected chi connectivity index (χ3v) is 5.21. The third-order valence-electron chi connectivity index (χ3n) is 5.21. The highest BCUT2D eigenvalue weighted by Gasteiger charge is 2.12. The summed E-state index contributed by atoms with van der Waals surface area (Å²) in [7, 11) is 3.85. The minimum absolute atomic E-state index is 0. The van der Waals surface area contributed by atoms with E-state index in [9.17, 15) is 4.79 Å². The van der Waals surface area contributed by atoms with E-state index in [-0.39, 0.29) is 29.9 Å². The van der Waals surface area contributed by atoms with Crippen LogP contribution in [0, 0.1) is 0 Å². The molecular weight excluding hydrogens is 491 g/mol. The first-order valence-corrected chi connectivity index (χ1v) is 10.9. The summed E-state index contributed by atoms with van der Waals surface area (Å²) in [6.45, 7) is 10.5. The van der Waals surface area contributed by atoms with E-state index >= 15 is 0 Å². The fraction of sp³-hybridized carbons (Fsp3) is 0.636. The average Bonchev–Trinajstić information content (AvgIpc) is 2.74. The van der Waals surface area contributed by atoms with Crippen molar-refractivity contribution >= 4 is 35.8 Å². The molecule has 0 atom stereocenters. The number of piperazine rings is 1. The lowest BCUT2D eigenvalue weighted by molar-refractivity contribution is 0.0963. The van der Waals surface area contributed by atoms with Crippen molar-refractivity contribution in [3.8, 4) is 0 Å². The van der Waals surface area contributed by atoms with E-state index in [1.807, 2.05) is 18.2 Å². The van der Waals surface area contributed by atoms with Crippen LogP contribution in [0.1, 0.15) is 35.7 Å². The van der Waals surface area contributed by atoms with Gasteiger partial charge in [-0.05, 0) is 57.5 Å². The highest BCUT2D eigenvalue weighted by molar-refractivity contribution is 14.0. The van der Waals surface area contributed by atoms with E-state index in [4.69, 9.17) is 4.99 Å². The first-order chi connectivity index (χ1) is 14.1. The molecule has 3 N–H and O–H groups in total. The number of carbonyl (C=O) groups excluding carboxylic acids is 1. The Labute approximate surface area is 199 Å². The first-order valence-electron chi connectivity index (χ1n) is 10.9. The van der Waals surface area contributed by atoms with Crippen LogP contribution in [0.4, 0.5) is 0 Å². The molecule has 0 spiro atoms. The second-order valence-corrected chi connectivity index (χ2v) is 7.57. The van der Waals surface area contributed by atoms with Crippen LogP contribution in [-0.2, 0) is 6.42 Å². The number of unbranched alkanes of at least 4 members (excludes halogenated alkanes) is 1. The van der Waals surface area contributed by atoms with Gasteiger partial charge >= 0.3 is 0 Å². The van der Waals surface area contributed by atoms with Crippen molar-refractivity contribution in [1.82, 2.24) is 25.8 Å². The Bertz CT molecular complexity index is 646. The fourth-order valence-electron chi connectivity index (χ4n) is 3.39. The van der Waals surface area contributed by atoms with Gasteiger partial charge < -0.3 is 25.8 Å². The monoisotopic (exact) mass is 530 g/mol. The zero-order valence-corrected chi connectivity index (χ0v) is 21.1. The van der Waals surface area contributed by atoms with Crippen molar-refractivity contribution in [3.63, 3.8) is 0 Å². The van der Waals surface area contributed by atoms with E-state index in [1.54, 1.807) is 7.05 Å². The number of aliphatic imine (C=N–C) groups is 1. The molecule has 0 aromatic heterocycles. The second-order valence-electron chi connectivity index (χ2n) is 7.57. The second kappa shape index (κ2) is 15.4. The molecule has 0 aliphatic carbocycles. The number of amides is 1. The Kier molecular flexibility index (Phi) is 13.7. The van der Waals surface area contributed by atoms with Crippen molar-refractivity contribution in [1.29, 1.82) is 0 Å². The van der Waals surface area contributed by atoms with E-state index in [2.05, 4.69) is 45.8 Å². The molecule has 1 heterocycles. The van der Waals surface area contributed by atoms with Gasteiger partial charge in [-0.1, -0.05) is 12.1 Å². The summed E-state index contributed by atoms with van der Waals surface area (Å²) in [5.74, 6) is 0.820. The number of hydrogen-bond donors (Lipinski definition) is 3.